The van der Waals surface area contributed by atoms with Crippen molar-refractivity contribution in [1.82, 2.24) is 10.2 Å². The second-order valence-corrected chi connectivity index (χ2v) is 6.95. The monoisotopic (exact) mass is 398 g/mol. The summed E-state index contributed by atoms with van der Waals surface area (Å²) in [6.45, 7) is 0.208. The highest BCUT2D eigenvalue weighted by Crippen LogP contribution is 2.38. The number of rotatable bonds is 3. The Hall–Kier alpha value is -3.39. The lowest BCUT2D eigenvalue weighted by atomic mass is 9.96. The quantitative estimate of drug-likeness (QED) is 0.634. The highest BCUT2D eigenvalue weighted by molar-refractivity contribution is 6.30. The van der Waals surface area contributed by atoms with Gasteiger partial charge in [0.2, 0.25) is 0 Å². The predicted octanol–water partition coefficient (Wildman–Crippen LogP) is 3.25. The van der Waals surface area contributed by atoms with Gasteiger partial charge < -0.3 is 10.2 Å². The van der Waals surface area contributed by atoms with E-state index in [1.165, 1.54) is 34.1 Å². The normalized spacial score (nSPS) is 19.0. The summed E-state index contributed by atoms with van der Waals surface area (Å²) >= 11 is 5.95. The molecule has 0 aliphatic carbocycles. The molecular formula is C19H15ClN4O4. The topological polar surface area (TPSA) is 95.8 Å². The van der Waals surface area contributed by atoms with Crippen LogP contribution in [-0.2, 0) is 4.79 Å². The molecule has 2 aliphatic rings. The largest absolute Gasteiger partial charge is 0.327 e. The zero-order valence-electron chi connectivity index (χ0n) is 14.8. The number of nitro groups is 1. The van der Waals surface area contributed by atoms with Crippen molar-refractivity contribution in [3.8, 4) is 0 Å². The van der Waals surface area contributed by atoms with Gasteiger partial charge in [-0.15, -0.1) is 0 Å². The van der Waals surface area contributed by atoms with Crippen LogP contribution in [0, 0.1) is 10.1 Å². The number of benzene rings is 2. The molecule has 4 rings (SSSR count). The van der Waals surface area contributed by atoms with Crippen LogP contribution in [0.3, 0.4) is 0 Å². The van der Waals surface area contributed by atoms with Crippen molar-refractivity contribution < 1.29 is 14.5 Å². The summed E-state index contributed by atoms with van der Waals surface area (Å²) in [4.78, 5) is 38.9. The van der Waals surface area contributed by atoms with Crippen LogP contribution in [0.15, 0.2) is 59.8 Å². The Balaban J connectivity index is 1.71. The van der Waals surface area contributed by atoms with E-state index in [0.29, 0.717) is 22.0 Å². The number of nitrogens with zero attached hydrogens (tertiary/aromatic N) is 3. The average molecular weight is 399 g/mol. The van der Waals surface area contributed by atoms with Gasteiger partial charge in [0.15, 0.2) is 0 Å². The lowest BCUT2D eigenvalue weighted by Crippen LogP contribution is -2.45. The van der Waals surface area contributed by atoms with Crippen molar-refractivity contribution in [3.05, 3.63) is 80.5 Å². The van der Waals surface area contributed by atoms with Gasteiger partial charge >= 0.3 is 6.03 Å². The van der Waals surface area contributed by atoms with E-state index in [2.05, 4.69) is 5.32 Å². The molecule has 0 radical (unpaired) electrons. The Morgan fingerprint density at radius 2 is 1.75 bits per heavy atom. The molecule has 1 atom stereocenters. The highest BCUT2D eigenvalue weighted by Gasteiger charge is 2.43. The third-order valence-electron chi connectivity index (χ3n) is 4.94. The van der Waals surface area contributed by atoms with E-state index in [1.807, 2.05) is 0 Å². The van der Waals surface area contributed by atoms with Crippen LogP contribution in [-0.4, -0.2) is 35.4 Å². The molecule has 1 N–H and O–H groups in total. The molecule has 1 unspecified atom stereocenters. The predicted molar refractivity (Wildman–Crippen MR) is 103 cm³/mol. The summed E-state index contributed by atoms with van der Waals surface area (Å²) in [5, 5.41) is 14.3. The standard InChI is InChI=1S/C19H15ClN4O4/c1-22-15-10-23(13-6-8-14(9-7-13)24(27)28)18(25)16(15)17(21-19(22)26)11-2-4-12(20)5-3-11/h2-9,17H,10H2,1H3,(H,21,26). The van der Waals surface area contributed by atoms with Crippen LogP contribution in [0.4, 0.5) is 16.2 Å². The molecule has 0 bridgehead atoms. The number of nitrogens with one attached hydrogen (secondary N) is 1. The van der Waals surface area contributed by atoms with E-state index >= 15 is 0 Å². The maximum Gasteiger partial charge on any atom is 0.322 e. The Kier molecular flexibility index (Phi) is 4.27. The first-order valence-corrected chi connectivity index (χ1v) is 8.83. The Morgan fingerprint density at radius 1 is 1.11 bits per heavy atom. The van der Waals surface area contributed by atoms with Crippen molar-refractivity contribution in [1.29, 1.82) is 0 Å². The second kappa shape index (κ2) is 6.65. The molecule has 0 spiro atoms. The average Bonchev–Trinajstić information content (AvgIpc) is 3.03. The van der Waals surface area contributed by atoms with Crippen molar-refractivity contribution in [3.63, 3.8) is 0 Å². The van der Waals surface area contributed by atoms with Crippen molar-refractivity contribution in [2.24, 2.45) is 0 Å². The summed E-state index contributed by atoms with van der Waals surface area (Å²) < 4.78 is 0. The van der Waals surface area contributed by atoms with Gasteiger partial charge in [0.05, 0.1) is 28.8 Å². The molecular weight excluding hydrogens is 384 g/mol. The SMILES string of the molecule is CN1C(=O)NC(c2ccc(Cl)cc2)C2=C1CN(c1ccc([N+](=O)[O-])cc1)C2=O. The van der Waals surface area contributed by atoms with Gasteiger partial charge in [0, 0.05) is 29.9 Å². The summed E-state index contributed by atoms with van der Waals surface area (Å²) in [7, 11) is 1.61. The van der Waals surface area contributed by atoms with E-state index in [1.54, 1.807) is 31.3 Å². The van der Waals surface area contributed by atoms with Crippen LogP contribution < -0.4 is 10.2 Å². The molecule has 8 nitrogen and oxygen atoms in total. The fourth-order valence-corrected chi connectivity index (χ4v) is 3.56. The van der Waals surface area contributed by atoms with E-state index in [9.17, 15) is 19.7 Å². The fourth-order valence-electron chi connectivity index (χ4n) is 3.44. The summed E-state index contributed by atoms with van der Waals surface area (Å²) in [5.41, 5.74) is 2.30. The van der Waals surface area contributed by atoms with E-state index in [-0.39, 0.29) is 24.2 Å². The van der Waals surface area contributed by atoms with Crippen molar-refractivity contribution >= 4 is 34.9 Å². The first kappa shape index (κ1) is 18.0. The molecule has 0 aromatic heterocycles. The number of urea groups is 1. The van der Waals surface area contributed by atoms with Crippen LogP contribution >= 0.6 is 11.6 Å². The van der Waals surface area contributed by atoms with Crippen molar-refractivity contribution in [2.45, 2.75) is 6.04 Å². The second-order valence-electron chi connectivity index (χ2n) is 6.52. The lowest BCUT2D eigenvalue weighted by Gasteiger charge is -2.31. The molecule has 0 fully saturated rings. The van der Waals surface area contributed by atoms with Crippen LogP contribution in [0.2, 0.25) is 5.02 Å². The molecule has 0 saturated heterocycles. The number of carbonyl (C=O) groups excluding carboxylic acids is 2. The molecule has 3 amide bonds. The van der Waals surface area contributed by atoms with Crippen LogP contribution in [0.1, 0.15) is 11.6 Å². The van der Waals surface area contributed by atoms with Gasteiger partial charge in [0.25, 0.3) is 11.6 Å². The summed E-state index contributed by atoms with van der Waals surface area (Å²) in [5.74, 6) is -0.254. The minimum absolute atomic E-state index is 0.0545. The highest BCUT2D eigenvalue weighted by atomic mass is 35.5. The molecule has 28 heavy (non-hydrogen) atoms. The Labute approximate surface area is 165 Å². The molecule has 2 aromatic rings. The van der Waals surface area contributed by atoms with Gasteiger partial charge in [-0.2, -0.15) is 0 Å². The molecule has 9 heteroatoms. The van der Waals surface area contributed by atoms with Gasteiger partial charge in [-0.3, -0.25) is 19.8 Å². The smallest absolute Gasteiger partial charge is 0.322 e. The Bertz CT molecular complexity index is 1020. The van der Waals surface area contributed by atoms with Gasteiger partial charge in [-0.25, -0.2) is 4.79 Å². The molecule has 2 heterocycles. The number of likely N-dealkylation sites (N-methyl/N-ethyl adjacent to an activating group) is 1. The lowest BCUT2D eigenvalue weighted by molar-refractivity contribution is -0.384. The molecule has 2 aromatic carbocycles. The van der Waals surface area contributed by atoms with Crippen LogP contribution in [0.5, 0.6) is 0 Å². The zero-order valence-corrected chi connectivity index (χ0v) is 15.5. The van der Waals surface area contributed by atoms with E-state index in [4.69, 9.17) is 11.6 Å². The number of nitro benzene ring substituents is 1. The maximum atomic E-state index is 13.2. The summed E-state index contributed by atoms with van der Waals surface area (Å²) in [6.07, 6.45) is 0. The van der Waals surface area contributed by atoms with E-state index in [0.717, 1.165) is 5.56 Å². The summed E-state index contributed by atoms with van der Waals surface area (Å²) in [6, 6.07) is 11.8. The zero-order chi connectivity index (χ0) is 20.0. The molecule has 0 saturated carbocycles. The molecule has 142 valence electrons. The minimum Gasteiger partial charge on any atom is -0.327 e. The third-order valence-corrected chi connectivity index (χ3v) is 5.19. The number of hydrogen-bond acceptors (Lipinski definition) is 4. The number of non-ortho nitro benzene ring substituents is 1. The third kappa shape index (κ3) is 2.87. The fraction of sp³-hybridized carbons (Fsp3) is 0.158. The first-order chi connectivity index (χ1) is 13.4. The number of halogens is 1. The van der Waals surface area contributed by atoms with Crippen molar-refractivity contribution in [2.75, 3.05) is 18.5 Å². The van der Waals surface area contributed by atoms with Gasteiger partial charge in [-0.05, 0) is 29.8 Å². The maximum absolute atomic E-state index is 13.2. The number of hydrogen-bond donors (Lipinski definition) is 1. The van der Waals surface area contributed by atoms with Crippen LogP contribution in [0.25, 0.3) is 0 Å². The minimum atomic E-state index is -0.591. The molecule has 2 aliphatic heterocycles. The first-order valence-electron chi connectivity index (χ1n) is 8.46. The van der Waals surface area contributed by atoms with Gasteiger partial charge in [-0.1, -0.05) is 23.7 Å². The Morgan fingerprint density at radius 3 is 2.36 bits per heavy atom. The number of carbonyl (C=O) groups is 2. The van der Waals surface area contributed by atoms with Gasteiger partial charge in [0.1, 0.15) is 0 Å². The van der Waals surface area contributed by atoms with E-state index < -0.39 is 11.0 Å². The number of anilines is 1. The number of amides is 3.